The quantitative estimate of drug-likeness (QED) is 0.0107. The zero-order valence-corrected chi connectivity index (χ0v) is 49.7. The summed E-state index contributed by atoms with van der Waals surface area (Å²) in [6.45, 7) is 5.53. The van der Waals surface area contributed by atoms with Crippen LogP contribution >= 0.6 is 0 Å². The Morgan fingerprint density at radius 2 is 1.31 bits per heavy atom. The minimum absolute atomic E-state index is 0.00122. The molecule has 1 unspecified atom stereocenters. The minimum atomic E-state index is -1.96. The largest absolute Gasteiger partial charge is 0.508 e. The van der Waals surface area contributed by atoms with Gasteiger partial charge in [-0.25, -0.2) is 14.6 Å². The second-order valence-corrected chi connectivity index (χ2v) is 21.9. The number of hydrogen-bond acceptors (Lipinski definition) is 15. The Hall–Kier alpha value is -9.91. The number of nitrogens with zero attached hydrogens (tertiary/aromatic N) is 1. The fraction of sp³-hybridized carbons (Fsp3) is 0.448. The lowest BCUT2D eigenvalue weighted by Gasteiger charge is -2.30. The molecule has 30 nitrogen and oxygen atoms in total. The summed E-state index contributed by atoms with van der Waals surface area (Å²) >= 11 is 0. The molecular formula is C58H79FN16O14. The number of aliphatic hydroxyl groups excluding tert-OH is 2. The Morgan fingerprint density at radius 1 is 0.708 bits per heavy atom. The summed E-state index contributed by atoms with van der Waals surface area (Å²) in [6.07, 6.45) is -2.91. The highest BCUT2D eigenvalue weighted by Gasteiger charge is 2.43. The number of carbonyl (C=O) groups excluding carboxylic acids is 11. The Kier molecular flexibility index (Phi) is 26.1. The number of benzene rings is 3. The third kappa shape index (κ3) is 21.8. The number of aromatic amines is 1. The Labute approximate surface area is 511 Å². The number of hydrazine groups is 1. The van der Waals surface area contributed by atoms with Crippen molar-refractivity contribution in [1.82, 2.24) is 68.6 Å². The van der Waals surface area contributed by atoms with Crippen molar-refractivity contribution >= 4 is 82.0 Å². The number of β-amino-alcohol motifs (C(OH)–C–C–N with tert-alkyl or cyclic N) is 1. The highest BCUT2D eigenvalue weighted by atomic mass is 19.1. The first-order chi connectivity index (χ1) is 42.1. The summed E-state index contributed by atoms with van der Waals surface area (Å²) in [5.41, 5.74) is 17.7. The number of rotatable bonds is 30. The van der Waals surface area contributed by atoms with Gasteiger partial charge in [0.25, 0.3) is 5.91 Å². The molecule has 4 aromatic rings. The maximum Gasteiger partial charge on any atom is 0.334 e. The van der Waals surface area contributed by atoms with Crippen LogP contribution in [0.25, 0.3) is 10.9 Å². The third-order valence-corrected chi connectivity index (χ3v) is 14.2. The van der Waals surface area contributed by atoms with Gasteiger partial charge in [0.2, 0.25) is 53.2 Å². The molecule has 1 aromatic heterocycles. The molecule has 3 aromatic carbocycles. The number of hydrogen-bond donors (Lipinski definition) is 18. The van der Waals surface area contributed by atoms with Crippen molar-refractivity contribution in [3.8, 4) is 5.75 Å². The number of likely N-dealkylation sites (tertiary alicyclic amines) is 1. The second kappa shape index (κ2) is 33.3. The van der Waals surface area contributed by atoms with Gasteiger partial charge >= 0.3 is 6.03 Å². The first kappa shape index (κ1) is 69.9. The number of phenols is 1. The molecule has 1 aliphatic rings. The lowest BCUT2D eigenvalue weighted by Crippen LogP contribution is -2.62. The van der Waals surface area contributed by atoms with E-state index >= 15 is 0 Å². The number of nitrogens with two attached hydrogens (primary N) is 2. The molecule has 1 fully saturated rings. The predicted molar refractivity (Wildman–Crippen MR) is 319 cm³/mol. The van der Waals surface area contributed by atoms with E-state index in [1.165, 1.54) is 43.4 Å². The molecule has 12 amide bonds. The fourth-order valence-corrected chi connectivity index (χ4v) is 9.75. The average molecular weight is 1240 g/mol. The zero-order chi connectivity index (χ0) is 65.6. The van der Waals surface area contributed by atoms with Crippen LogP contribution in [-0.4, -0.2) is 177 Å². The van der Waals surface area contributed by atoms with Gasteiger partial charge in [0.1, 0.15) is 59.9 Å². The molecule has 0 aliphatic carbocycles. The van der Waals surface area contributed by atoms with E-state index in [1.807, 2.05) is 18.2 Å². The van der Waals surface area contributed by atoms with E-state index in [9.17, 15) is 72.4 Å². The number of guanidine groups is 1. The number of nitrogens with one attached hydrogen (secondary N) is 13. The molecule has 10 atom stereocenters. The van der Waals surface area contributed by atoms with Gasteiger partial charge in [0, 0.05) is 69.8 Å². The Bertz CT molecular complexity index is 3180. The molecule has 5 rings (SSSR count). The van der Waals surface area contributed by atoms with Crippen molar-refractivity contribution < 1.29 is 72.4 Å². The van der Waals surface area contributed by atoms with Crippen LogP contribution in [-0.2, 0) is 67.2 Å². The van der Waals surface area contributed by atoms with Crippen LogP contribution in [0, 0.1) is 17.1 Å². The number of amides is 12. The number of aromatic nitrogens is 1. The molecule has 1 aliphatic heterocycles. The molecule has 482 valence electrons. The van der Waals surface area contributed by atoms with Crippen LogP contribution < -0.4 is 70.2 Å². The number of primary amides is 2. The van der Waals surface area contributed by atoms with Gasteiger partial charge in [-0.15, -0.1) is 0 Å². The van der Waals surface area contributed by atoms with Gasteiger partial charge in [-0.05, 0) is 79.1 Å². The summed E-state index contributed by atoms with van der Waals surface area (Å²) in [4.78, 5) is 153. The number of fused-ring (bicyclic) bond motifs is 1. The average Bonchev–Trinajstić information content (AvgIpc) is 3.84. The molecular weight excluding hydrogens is 1160 g/mol. The van der Waals surface area contributed by atoms with E-state index in [4.69, 9.17) is 16.9 Å². The lowest BCUT2D eigenvalue weighted by atomic mass is 10.0. The predicted octanol–water partition coefficient (Wildman–Crippen LogP) is -3.06. The molecule has 31 heteroatoms. The standard InChI is InChI=1S/C58H79FN16O14/c1-29(2)21-42(51(83)67-40(11-8-20-64-57(62)63-5)50(82)68-41(49(61)81)24-34-27-65-39-10-7-6-9-38(34)39)71-58(89)74-73-53(85)43(22-32-12-16-35(59)17-13-32)70-55(87)48(30(3)76)72-52(84)44(26-47(60)80)69-54(86)46-25-37(79)28-75(46)56(88)45(66-31(4)77)23-33-14-18-36(78)19-15-33/h6-7,9-10,12-19,27,29-30,37,40-46,48,65,76,78-79H,8,11,20-26,28H2,1-5H3,(H2,60,80)(H2,61,81)(H,66,77)(H,67,83)(H,68,82)(H,69,86)(H,70,87)(H,72,84)(H,73,85)(H3,62,63,64)(H2,71,74,89)/t30-,37-,40+,41+,42+,43+,44+,45-,46+,48?/m1/s1. The molecule has 0 saturated carbocycles. The smallest absolute Gasteiger partial charge is 0.334 e. The molecule has 0 spiro atoms. The Balaban J connectivity index is 1.29. The minimum Gasteiger partial charge on any atom is -0.508 e. The number of H-pyrrole nitrogens is 1. The normalized spacial score (nSPS) is 16.3. The number of para-hydroxylation sites is 1. The summed E-state index contributed by atoms with van der Waals surface area (Å²) < 4.78 is 14.0. The SMILES string of the molecule is CNC(=N)NCCC[C@H](NC(=O)[C@H](CC(C)C)NC(=O)NNC(=O)[C@H](Cc1ccc(F)cc1)NC(=O)C(NC(=O)[C@H](CC(N)=O)NC(=O)[C@@H]1C[C@@H](O)CN1C(=O)[C@@H](Cc1ccc(O)cc1)NC(C)=O)[C@@H](C)O)C(=O)N[C@@H](Cc1c[nH]c2ccccc12)C(N)=O. The number of aromatic hydroxyl groups is 1. The highest BCUT2D eigenvalue weighted by Crippen LogP contribution is 2.23. The van der Waals surface area contributed by atoms with E-state index in [0.717, 1.165) is 41.8 Å². The number of halogens is 1. The van der Waals surface area contributed by atoms with Gasteiger partial charge in [0.15, 0.2) is 5.96 Å². The van der Waals surface area contributed by atoms with E-state index in [-0.39, 0.29) is 74.8 Å². The first-order valence-corrected chi connectivity index (χ1v) is 28.6. The van der Waals surface area contributed by atoms with E-state index in [1.54, 1.807) is 26.1 Å². The van der Waals surface area contributed by atoms with Crippen molar-refractivity contribution in [2.45, 2.75) is 140 Å². The number of carbonyl (C=O) groups is 11. The summed E-state index contributed by atoms with van der Waals surface area (Å²) in [7, 11) is 1.53. The van der Waals surface area contributed by atoms with Crippen molar-refractivity contribution in [1.29, 1.82) is 5.41 Å². The maximum atomic E-state index is 14.1. The third-order valence-electron chi connectivity index (χ3n) is 14.2. The van der Waals surface area contributed by atoms with Crippen LogP contribution in [0.5, 0.6) is 5.75 Å². The van der Waals surface area contributed by atoms with Crippen LogP contribution in [0.1, 0.15) is 76.5 Å². The Morgan fingerprint density at radius 3 is 1.93 bits per heavy atom. The molecule has 2 heterocycles. The molecule has 1 saturated heterocycles. The fourth-order valence-electron chi connectivity index (χ4n) is 9.75. The number of phenolic OH excluding ortho intramolecular Hbond substituents is 1. The van der Waals surface area contributed by atoms with Gasteiger partial charge in [0.05, 0.1) is 18.6 Å². The van der Waals surface area contributed by atoms with Crippen molar-refractivity contribution in [3.05, 3.63) is 102 Å². The van der Waals surface area contributed by atoms with Crippen LogP contribution in [0.3, 0.4) is 0 Å². The highest BCUT2D eigenvalue weighted by molar-refractivity contribution is 5.99. The van der Waals surface area contributed by atoms with Crippen molar-refractivity contribution in [3.63, 3.8) is 0 Å². The van der Waals surface area contributed by atoms with Gasteiger partial charge in [-0.1, -0.05) is 56.3 Å². The van der Waals surface area contributed by atoms with Gasteiger partial charge in [-0.3, -0.25) is 58.8 Å². The summed E-state index contributed by atoms with van der Waals surface area (Å²) in [5, 5.41) is 62.6. The zero-order valence-electron chi connectivity index (χ0n) is 49.7. The first-order valence-electron chi connectivity index (χ1n) is 28.6. The van der Waals surface area contributed by atoms with Crippen LogP contribution in [0.2, 0.25) is 0 Å². The monoisotopic (exact) mass is 1240 g/mol. The number of aliphatic hydroxyl groups is 2. The molecule has 0 bridgehead atoms. The molecule has 89 heavy (non-hydrogen) atoms. The van der Waals surface area contributed by atoms with E-state index in [2.05, 4.69) is 63.7 Å². The molecule has 0 radical (unpaired) electrons. The second-order valence-electron chi connectivity index (χ2n) is 21.9. The van der Waals surface area contributed by atoms with Crippen molar-refractivity contribution in [2.24, 2.45) is 17.4 Å². The molecule has 20 N–H and O–H groups in total. The van der Waals surface area contributed by atoms with Crippen LogP contribution in [0.15, 0.2) is 79.0 Å². The lowest BCUT2D eigenvalue weighted by molar-refractivity contribution is -0.142. The van der Waals surface area contributed by atoms with E-state index in [0.29, 0.717) is 11.1 Å². The maximum absolute atomic E-state index is 14.1. The van der Waals surface area contributed by atoms with Gasteiger partial charge < -0.3 is 84.5 Å². The number of urea groups is 1. The van der Waals surface area contributed by atoms with Crippen LogP contribution in [0.4, 0.5) is 9.18 Å². The summed E-state index contributed by atoms with van der Waals surface area (Å²) in [5.74, 6) is -10.7. The van der Waals surface area contributed by atoms with E-state index < -0.39 is 144 Å². The topological polar surface area (TPSA) is 476 Å². The summed E-state index contributed by atoms with van der Waals surface area (Å²) in [6, 6.07) is 4.38. The van der Waals surface area contributed by atoms with Crippen molar-refractivity contribution in [2.75, 3.05) is 20.1 Å². The van der Waals surface area contributed by atoms with Gasteiger partial charge in [-0.2, -0.15) is 0 Å².